The highest BCUT2D eigenvalue weighted by Crippen LogP contribution is 2.24. The number of benzene rings is 2. The third kappa shape index (κ3) is 5.96. The van der Waals surface area contributed by atoms with E-state index >= 15 is 0 Å². The first kappa shape index (κ1) is 25.6. The lowest BCUT2D eigenvalue weighted by atomic mass is 10.1. The van der Waals surface area contributed by atoms with Crippen molar-refractivity contribution in [3.63, 3.8) is 0 Å². The number of nitrogens with one attached hydrogen (secondary N) is 1. The third-order valence-corrected chi connectivity index (χ3v) is 6.88. The Bertz CT molecular complexity index is 1060. The van der Waals surface area contributed by atoms with E-state index in [1.807, 2.05) is 0 Å². The Balaban J connectivity index is 2.45. The Morgan fingerprint density at radius 1 is 1.09 bits per heavy atom. The van der Waals surface area contributed by atoms with Crippen LogP contribution < -0.4 is 9.62 Å². The quantitative estimate of drug-likeness (QED) is 0.591. The van der Waals surface area contributed by atoms with Crippen molar-refractivity contribution < 1.29 is 22.4 Å². The van der Waals surface area contributed by atoms with Crippen LogP contribution in [0.3, 0.4) is 0 Å². The van der Waals surface area contributed by atoms with Crippen LogP contribution in [0.2, 0.25) is 5.02 Å². The van der Waals surface area contributed by atoms with Gasteiger partial charge in [-0.1, -0.05) is 35.9 Å². The van der Waals surface area contributed by atoms with E-state index in [0.717, 1.165) is 10.4 Å². The molecule has 0 radical (unpaired) electrons. The number of likely N-dealkylation sites (N-methyl/N-ethyl adjacent to an activating group) is 1. The molecule has 1 atom stereocenters. The standard InChI is InChI=1S/C21H26ClFN4O4S/c1-15(21(29)24-2)26(13-16-9-11-17(22)12-10-16)20(28)14-27(32(30,31)25(3)4)19-8-6-5-7-18(19)23/h5-12,15H,13-14H2,1-4H3,(H,24,29)/t15-/m1/s1. The number of halogens is 2. The predicted molar refractivity (Wildman–Crippen MR) is 122 cm³/mol. The molecule has 8 nitrogen and oxygen atoms in total. The monoisotopic (exact) mass is 484 g/mol. The summed E-state index contributed by atoms with van der Waals surface area (Å²) in [6.07, 6.45) is 0. The van der Waals surface area contributed by atoms with Crippen molar-refractivity contribution in [2.45, 2.75) is 19.5 Å². The average Bonchev–Trinajstić information content (AvgIpc) is 2.76. The summed E-state index contributed by atoms with van der Waals surface area (Å²) in [6.45, 7) is 0.856. The van der Waals surface area contributed by atoms with Crippen LogP contribution in [0, 0.1) is 5.82 Å². The fourth-order valence-electron chi connectivity index (χ4n) is 2.93. The zero-order chi connectivity index (χ0) is 24.1. The Hall–Kier alpha value is -2.69. The molecule has 2 amide bonds. The molecule has 0 spiro atoms. The van der Waals surface area contributed by atoms with E-state index in [1.165, 1.54) is 51.2 Å². The molecule has 0 bridgehead atoms. The normalized spacial score (nSPS) is 12.3. The number of anilines is 1. The minimum absolute atomic E-state index is 0.0255. The van der Waals surface area contributed by atoms with Gasteiger partial charge in [-0.15, -0.1) is 0 Å². The first-order valence-electron chi connectivity index (χ1n) is 9.69. The predicted octanol–water partition coefficient (Wildman–Crippen LogP) is 2.26. The fourth-order valence-corrected chi connectivity index (χ4v) is 4.12. The van der Waals surface area contributed by atoms with Gasteiger partial charge in [-0.2, -0.15) is 12.7 Å². The number of rotatable bonds is 9. The maximum atomic E-state index is 14.5. The largest absolute Gasteiger partial charge is 0.357 e. The molecule has 0 aliphatic carbocycles. The second kappa shape index (κ2) is 10.8. The topological polar surface area (TPSA) is 90.0 Å². The summed E-state index contributed by atoms with van der Waals surface area (Å²) >= 11 is 5.92. The van der Waals surface area contributed by atoms with E-state index in [1.54, 1.807) is 24.3 Å². The number of nitrogens with zero attached hydrogens (tertiary/aromatic N) is 3. The molecule has 0 saturated carbocycles. The third-order valence-electron chi connectivity index (χ3n) is 4.82. The van der Waals surface area contributed by atoms with Crippen molar-refractivity contribution in [2.75, 3.05) is 32.0 Å². The average molecular weight is 485 g/mol. The zero-order valence-corrected chi connectivity index (χ0v) is 19.8. The molecule has 2 aromatic carbocycles. The van der Waals surface area contributed by atoms with Crippen LogP contribution in [0.15, 0.2) is 48.5 Å². The molecule has 2 rings (SSSR count). The highest BCUT2D eigenvalue weighted by molar-refractivity contribution is 7.90. The molecule has 0 saturated heterocycles. The lowest BCUT2D eigenvalue weighted by Crippen LogP contribution is -2.52. The first-order chi connectivity index (χ1) is 15.0. The summed E-state index contributed by atoms with van der Waals surface area (Å²) in [6, 6.07) is 11.0. The molecular weight excluding hydrogens is 459 g/mol. The molecule has 0 heterocycles. The van der Waals surface area contributed by atoms with E-state index in [9.17, 15) is 22.4 Å². The van der Waals surface area contributed by atoms with Crippen molar-refractivity contribution in [3.05, 3.63) is 64.9 Å². The maximum Gasteiger partial charge on any atom is 0.304 e. The van der Waals surface area contributed by atoms with E-state index in [2.05, 4.69) is 5.32 Å². The fraction of sp³-hybridized carbons (Fsp3) is 0.333. The van der Waals surface area contributed by atoms with Gasteiger partial charge in [-0.05, 0) is 36.8 Å². The van der Waals surface area contributed by atoms with Gasteiger partial charge in [0.2, 0.25) is 11.8 Å². The van der Waals surface area contributed by atoms with E-state index in [4.69, 9.17) is 11.6 Å². The number of hydrogen-bond acceptors (Lipinski definition) is 4. The van der Waals surface area contributed by atoms with Crippen molar-refractivity contribution in [1.82, 2.24) is 14.5 Å². The van der Waals surface area contributed by atoms with Gasteiger partial charge in [-0.25, -0.2) is 8.70 Å². The Morgan fingerprint density at radius 3 is 2.22 bits per heavy atom. The molecule has 0 aliphatic heterocycles. The SMILES string of the molecule is CNC(=O)[C@@H](C)N(Cc1ccc(Cl)cc1)C(=O)CN(c1ccccc1F)S(=O)(=O)N(C)C. The van der Waals surface area contributed by atoms with Crippen LogP contribution in [0.5, 0.6) is 0 Å². The number of amides is 2. The van der Waals surface area contributed by atoms with Crippen LogP contribution in [-0.2, 0) is 26.3 Å². The summed E-state index contributed by atoms with van der Waals surface area (Å²) < 4.78 is 41.9. The molecule has 0 aromatic heterocycles. The molecule has 32 heavy (non-hydrogen) atoms. The van der Waals surface area contributed by atoms with Crippen LogP contribution in [0.1, 0.15) is 12.5 Å². The van der Waals surface area contributed by atoms with Crippen molar-refractivity contribution in [3.8, 4) is 0 Å². The first-order valence-corrected chi connectivity index (χ1v) is 11.5. The summed E-state index contributed by atoms with van der Waals surface area (Å²) in [5, 5.41) is 2.99. The number of carbonyl (C=O) groups excluding carboxylic acids is 2. The molecule has 2 aromatic rings. The number of para-hydroxylation sites is 1. The highest BCUT2D eigenvalue weighted by Gasteiger charge is 2.33. The van der Waals surface area contributed by atoms with Crippen molar-refractivity contribution in [2.24, 2.45) is 0 Å². The van der Waals surface area contributed by atoms with Gasteiger partial charge in [0.1, 0.15) is 18.4 Å². The van der Waals surface area contributed by atoms with E-state index in [0.29, 0.717) is 14.9 Å². The molecular formula is C21H26ClFN4O4S. The van der Waals surface area contributed by atoms with E-state index < -0.39 is 40.4 Å². The van der Waals surface area contributed by atoms with Gasteiger partial charge in [0, 0.05) is 32.7 Å². The highest BCUT2D eigenvalue weighted by atomic mass is 35.5. The minimum atomic E-state index is -4.21. The summed E-state index contributed by atoms with van der Waals surface area (Å²) in [7, 11) is -0.207. The number of hydrogen-bond donors (Lipinski definition) is 1. The van der Waals surface area contributed by atoms with Gasteiger partial charge < -0.3 is 10.2 Å². The van der Waals surface area contributed by atoms with E-state index in [-0.39, 0.29) is 12.2 Å². The Morgan fingerprint density at radius 2 is 1.69 bits per heavy atom. The van der Waals surface area contributed by atoms with Crippen LogP contribution in [0.4, 0.5) is 10.1 Å². The molecule has 11 heteroatoms. The molecule has 0 fully saturated rings. The van der Waals surface area contributed by atoms with Gasteiger partial charge in [0.15, 0.2) is 0 Å². The summed E-state index contributed by atoms with van der Waals surface area (Å²) in [4.78, 5) is 26.8. The smallest absolute Gasteiger partial charge is 0.304 e. The maximum absolute atomic E-state index is 14.5. The van der Waals surface area contributed by atoms with Crippen LogP contribution in [-0.4, -0.2) is 63.2 Å². The van der Waals surface area contributed by atoms with Crippen LogP contribution >= 0.6 is 11.6 Å². The van der Waals surface area contributed by atoms with Gasteiger partial charge in [0.05, 0.1) is 5.69 Å². The van der Waals surface area contributed by atoms with Gasteiger partial charge in [0.25, 0.3) is 0 Å². The van der Waals surface area contributed by atoms with Gasteiger partial charge in [-0.3, -0.25) is 9.59 Å². The second-order valence-corrected chi connectivity index (χ2v) is 9.69. The van der Waals surface area contributed by atoms with Crippen molar-refractivity contribution >= 4 is 39.3 Å². The molecule has 0 unspecified atom stereocenters. The Kier molecular flexibility index (Phi) is 8.59. The lowest BCUT2D eigenvalue weighted by Gasteiger charge is -2.32. The second-order valence-electron chi connectivity index (χ2n) is 7.19. The molecule has 1 N–H and O–H groups in total. The number of carbonyl (C=O) groups is 2. The Labute approximate surface area is 192 Å². The zero-order valence-electron chi connectivity index (χ0n) is 18.2. The van der Waals surface area contributed by atoms with Gasteiger partial charge >= 0.3 is 10.2 Å². The van der Waals surface area contributed by atoms with Crippen LogP contribution in [0.25, 0.3) is 0 Å². The minimum Gasteiger partial charge on any atom is -0.357 e. The summed E-state index contributed by atoms with van der Waals surface area (Å²) in [5.74, 6) is -1.90. The lowest BCUT2D eigenvalue weighted by molar-refractivity contribution is -0.139. The molecule has 174 valence electrons. The summed E-state index contributed by atoms with van der Waals surface area (Å²) in [5.41, 5.74) is 0.417. The van der Waals surface area contributed by atoms with Crippen molar-refractivity contribution in [1.29, 1.82) is 0 Å². The molecule has 0 aliphatic rings.